The SMILES string of the molecule is CCO[C@H](C)C(=O)N1CCCC[C@@H]1C(=O)Nc1ccc2c(c1)CCO2. The molecule has 0 saturated carbocycles. The number of hydrogen-bond acceptors (Lipinski definition) is 4. The first-order valence-corrected chi connectivity index (χ1v) is 9.09. The minimum absolute atomic E-state index is 0.107. The zero-order chi connectivity index (χ0) is 17.8. The van der Waals surface area contributed by atoms with Crippen LogP contribution in [0.25, 0.3) is 0 Å². The van der Waals surface area contributed by atoms with E-state index in [0.29, 0.717) is 26.2 Å². The Morgan fingerprint density at radius 2 is 2.24 bits per heavy atom. The van der Waals surface area contributed by atoms with E-state index in [9.17, 15) is 9.59 Å². The first kappa shape index (κ1) is 17.7. The fourth-order valence-corrected chi connectivity index (χ4v) is 3.51. The number of likely N-dealkylation sites (tertiary alicyclic amines) is 1. The summed E-state index contributed by atoms with van der Waals surface area (Å²) in [5, 5.41) is 2.97. The highest BCUT2D eigenvalue weighted by Crippen LogP contribution is 2.28. The quantitative estimate of drug-likeness (QED) is 0.889. The number of fused-ring (bicyclic) bond motifs is 1. The van der Waals surface area contributed by atoms with E-state index < -0.39 is 12.1 Å². The van der Waals surface area contributed by atoms with E-state index in [1.165, 1.54) is 0 Å². The number of hydrogen-bond donors (Lipinski definition) is 1. The van der Waals surface area contributed by atoms with Crippen molar-refractivity contribution in [1.82, 2.24) is 4.90 Å². The Morgan fingerprint density at radius 3 is 3.04 bits per heavy atom. The molecule has 6 heteroatoms. The van der Waals surface area contributed by atoms with Crippen molar-refractivity contribution in [3.8, 4) is 5.75 Å². The van der Waals surface area contributed by atoms with Crippen molar-refractivity contribution in [1.29, 1.82) is 0 Å². The van der Waals surface area contributed by atoms with Crippen LogP contribution in [0.5, 0.6) is 5.75 Å². The first-order chi connectivity index (χ1) is 12.1. The third-order valence-electron chi connectivity index (χ3n) is 4.81. The van der Waals surface area contributed by atoms with E-state index in [1.807, 2.05) is 25.1 Å². The van der Waals surface area contributed by atoms with Crippen LogP contribution >= 0.6 is 0 Å². The van der Waals surface area contributed by atoms with Crippen LogP contribution in [0.4, 0.5) is 5.69 Å². The molecule has 25 heavy (non-hydrogen) atoms. The minimum Gasteiger partial charge on any atom is -0.493 e. The number of ether oxygens (including phenoxy) is 2. The average Bonchev–Trinajstić information content (AvgIpc) is 3.09. The van der Waals surface area contributed by atoms with Crippen molar-refractivity contribution < 1.29 is 19.1 Å². The van der Waals surface area contributed by atoms with Gasteiger partial charge < -0.3 is 19.7 Å². The van der Waals surface area contributed by atoms with Crippen molar-refractivity contribution >= 4 is 17.5 Å². The molecule has 1 saturated heterocycles. The highest BCUT2D eigenvalue weighted by molar-refractivity contribution is 5.98. The maximum Gasteiger partial charge on any atom is 0.252 e. The molecular weight excluding hydrogens is 320 g/mol. The summed E-state index contributed by atoms with van der Waals surface area (Å²) in [6.07, 6.45) is 2.90. The van der Waals surface area contributed by atoms with Gasteiger partial charge in [-0.25, -0.2) is 0 Å². The number of benzene rings is 1. The topological polar surface area (TPSA) is 67.9 Å². The largest absolute Gasteiger partial charge is 0.493 e. The lowest BCUT2D eigenvalue weighted by molar-refractivity contribution is -0.149. The highest BCUT2D eigenvalue weighted by atomic mass is 16.5. The lowest BCUT2D eigenvalue weighted by Crippen LogP contribution is -2.53. The van der Waals surface area contributed by atoms with Crippen molar-refractivity contribution in [3.05, 3.63) is 23.8 Å². The Balaban J connectivity index is 1.69. The summed E-state index contributed by atoms with van der Waals surface area (Å²) >= 11 is 0. The van der Waals surface area contributed by atoms with Gasteiger partial charge in [-0.15, -0.1) is 0 Å². The molecule has 3 rings (SSSR count). The maximum atomic E-state index is 12.8. The predicted octanol–water partition coefficient (Wildman–Crippen LogP) is 2.37. The Kier molecular flexibility index (Phi) is 5.58. The summed E-state index contributed by atoms with van der Waals surface area (Å²) < 4.78 is 10.9. The number of nitrogens with one attached hydrogen (secondary N) is 1. The van der Waals surface area contributed by atoms with Gasteiger partial charge in [0.2, 0.25) is 5.91 Å². The van der Waals surface area contributed by atoms with E-state index in [4.69, 9.17) is 9.47 Å². The van der Waals surface area contributed by atoms with Gasteiger partial charge in [-0.2, -0.15) is 0 Å². The van der Waals surface area contributed by atoms with Gasteiger partial charge >= 0.3 is 0 Å². The molecule has 0 aromatic heterocycles. The molecule has 1 fully saturated rings. The summed E-state index contributed by atoms with van der Waals surface area (Å²) in [5.41, 5.74) is 1.87. The number of rotatable bonds is 5. The second-order valence-electron chi connectivity index (χ2n) is 6.55. The lowest BCUT2D eigenvalue weighted by atomic mass is 10.0. The molecule has 0 aliphatic carbocycles. The van der Waals surface area contributed by atoms with Crippen LogP contribution in [0.15, 0.2) is 18.2 Å². The Bertz CT molecular complexity index is 646. The molecule has 1 N–H and O–H groups in total. The molecule has 2 atom stereocenters. The standard InChI is InChI=1S/C19H26N2O4/c1-3-24-13(2)19(23)21-10-5-4-6-16(21)18(22)20-15-7-8-17-14(12-15)9-11-25-17/h7-8,12-13,16H,3-6,9-11H2,1-2H3,(H,20,22)/t13-,16-/m1/s1. The highest BCUT2D eigenvalue weighted by Gasteiger charge is 2.34. The van der Waals surface area contributed by atoms with Gasteiger partial charge in [0.1, 0.15) is 17.9 Å². The minimum atomic E-state index is -0.518. The van der Waals surface area contributed by atoms with Crippen LogP contribution < -0.4 is 10.1 Å². The Labute approximate surface area is 148 Å². The monoisotopic (exact) mass is 346 g/mol. The lowest BCUT2D eigenvalue weighted by Gasteiger charge is -2.36. The number of piperidine rings is 1. The van der Waals surface area contributed by atoms with Crippen molar-refractivity contribution in [2.45, 2.75) is 51.7 Å². The molecule has 1 aromatic rings. The van der Waals surface area contributed by atoms with Crippen LogP contribution in [0.1, 0.15) is 38.7 Å². The molecule has 0 spiro atoms. The number of amides is 2. The summed E-state index contributed by atoms with van der Waals surface area (Å²) in [5.74, 6) is 0.651. The first-order valence-electron chi connectivity index (χ1n) is 9.09. The van der Waals surface area contributed by atoms with Crippen LogP contribution in [-0.2, 0) is 20.7 Å². The Hall–Kier alpha value is -2.08. The average molecular weight is 346 g/mol. The third-order valence-corrected chi connectivity index (χ3v) is 4.81. The summed E-state index contributed by atoms with van der Waals surface area (Å²) in [4.78, 5) is 27.1. The van der Waals surface area contributed by atoms with E-state index >= 15 is 0 Å². The second-order valence-corrected chi connectivity index (χ2v) is 6.55. The summed E-state index contributed by atoms with van der Waals surface area (Å²) in [7, 11) is 0. The van der Waals surface area contributed by atoms with E-state index in [-0.39, 0.29) is 11.8 Å². The molecule has 6 nitrogen and oxygen atoms in total. The molecule has 2 amide bonds. The normalized spacial score (nSPS) is 20.6. The Morgan fingerprint density at radius 1 is 1.40 bits per heavy atom. The van der Waals surface area contributed by atoms with Crippen molar-refractivity contribution in [2.24, 2.45) is 0 Å². The van der Waals surface area contributed by atoms with Gasteiger partial charge in [-0.05, 0) is 56.9 Å². The van der Waals surface area contributed by atoms with Crippen LogP contribution in [0.2, 0.25) is 0 Å². The fourth-order valence-electron chi connectivity index (χ4n) is 3.51. The molecule has 2 aliphatic heterocycles. The van der Waals surface area contributed by atoms with Gasteiger partial charge in [-0.3, -0.25) is 9.59 Å². The smallest absolute Gasteiger partial charge is 0.252 e. The number of carbonyl (C=O) groups is 2. The summed E-state index contributed by atoms with van der Waals surface area (Å²) in [6.45, 7) is 5.38. The zero-order valence-electron chi connectivity index (χ0n) is 14.9. The van der Waals surface area contributed by atoms with Gasteiger partial charge in [0.15, 0.2) is 0 Å². The molecule has 0 radical (unpaired) electrons. The van der Waals surface area contributed by atoms with Crippen LogP contribution in [0, 0.1) is 0 Å². The zero-order valence-corrected chi connectivity index (χ0v) is 14.9. The third kappa shape index (κ3) is 3.95. The molecule has 1 aromatic carbocycles. The van der Waals surface area contributed by atoms with Gasteiger partial charge in [0.25, 0.3) is 5.91 Å². The molecule has 0 unspecified atom stereocenters. The van der Waals surface area contributed by atoms with Gasteiger partial charge in [0, 0.05) is 25.3 Å². The van der Waals surface area contributed by atoms with E-state index in [0.717, 1.165) is 36.3 Å². The van der Waals surface area contributed by atoms with E-state index in [1.54, 1.807) is 11.8 Å². The summed E-state index contributed by atoms with van der Waals surface area (Å²) in [6, 6.07) is 5.25. The molecule has 2 aliphatic rings. The molecule has 136 valence electrons. The van der Waals surface area contributed by atoms with Gasteiger partial charge in [-0.1, -0.05) is 0 Å². The number of nitrogens with zero attached hydrogens (tertiary/aromatic N) is 1. The molecule has 0 bridgehead atoms. The molecule has 2 heterocycles. The second kappa shape index (κ2) is 7.87. The fraction of sp³-hybridized carbons (Fsp3) is 0.579. The maximum absolute atomic E-state index is 12.8. The van der Waals surface area contributed by atoms with E-state index in [2.05, 4.69) is 5.32 Å². The molecular formula is C19H26N2O4. The number of anilines is 1. The van der Waals surface area contributed by atoms with Gasteiger partial charge in [0.05, 0.1) is 6.61 Å². The van der Waals surface area contributed by atoms with Crippen LogP contribution in [0.3, 0.4) is 0 Å². The van der Waals surface area contributed by atoms with Crippen molar-refractivity contribution in [3.63, 3.8) is 0 Å². The predicted molar refractivity (Wildman–Crippen MR) is 94.7 cm³/mol. The number of carbonyl (C=O) groups excluding carboxylic acids is 2. The van der Waals surface area contributed by atoms with Crippen LogP contribution in [-0.4, -0.2) is 48.6 Å². The van der Waals surface area contributed by atoms with Crippen molar-refractivity contribution in [2.75, 3.05) is 25.1 Å².